The first-order valence-electron chi connectivity index (χ1n) is 7.89. The number of ether oxygens (including phenoxy) is 2. The van der Waals surface area contributed by atoms with Crippen molar-refractivity contribution in [1.82, 2.24) is 10.2 Å². The van der Waals surface area contributed by atoms with Gasteiger partial charge in [-0.25, -0.2) is 0 Å². The van der Waals surface area contributed by atoms with Crippen LogP contribution in [0.2, 0.25) is 0 Å². The first-order valence-corrected chi connectivity index (χ1v) is 7.89. The molecule has 0 saturated carbocycles. The summed E-state index contributed by atoms with van der Waals surface area (Å²) in [5.41, 5.74) is 5.94. The van der Waals surface area contributed by atoms with E-state index < -0.39 is 6.04 Å². The average molecular weight is 319 g/mol. The van der Waals surface area contributed by atoms with Crippen LogP contribution in [0.25, 0.3) is 0 Å². The molecule has 1 unspecified atom stereocenters. The van der Waals surface area contributed by atoms with Crippen LogP contribution < -0.4 is 20.5 Å². The van der Waals surface area contributed by atoms with E-state index in [-0.39, 0.29) is 18.6 Å². The number of carbonyl (C=O) groups is 2. The van der Waals surface area contributed by atoms with E-state index in [1.54, 1.807) is 23.1 Å². The fourth-order valence-corrected chi connectivity index (χ4v) is 2.91. The van der Waals surface area contributed by atoms with E-state index in [1.165, 1.54) is 0 Å². The van der Waals surface area contributed by atoms with E-state index in [9.17, 15) is 9.59 Å². The van der Waals surface area contributed by atoms with Crippen molar-refractivity contribution in [2.45, 2.75) is 25.3 Å². The Morgan fingerprint density at radius 2 is 2.13 bits per heavy atom. The summed E-state index contributed by atoms with van der Waals surface area (Å²) < 4.78 is 10.6. The number of carbonyl (C=O) groups excluding carboxylic acids is 2. The Morgan fingerprint density at radius 3 is 2.96 bits per heavy atom. The molecule has 1 atom stereocenters. The predicted molar refractivity (Wildman–Crippen MR) is 83.3 cm³/mol. The fraction of sp³-hybridized carbons (Fsp3) is 0.500. The van der Waals surface area contributed by atoms with Crippen molar-refractivity contribution in [3.8, 4) is 11.5 Å². The standard InChI is InChI=1S/C16H21N3O4/c17-6-2-7-18-15(20)12-3-1-8-19(12)16(21)11-4-5-13-14(9-11)23-10-22-13/h4-5,9,12H,1-3,6-8,10,17H2,(H,18,20). The molecule has 124 valence electrons. The molecule has 3 N–H and O–H groups in total. The molecule has 1 aromatic rings. The topological polar surface area (TPSA) is 93.9 Å². The number of benzene rings is 1. The number of nitrogens with one attached hydrogen (secondary N) is 1. The van der Waals surface area contributed by atoms with E-state index in [0.717, 1.165) is 12.8 Å². The molecule has 1 saturated heterocycles. The van der Waals surface area contributed by atoms with Gasteiger partial charge in [0.2, 0.25) is 12.7 Å². The first-order chi connectivity index (χ1) is 11.2. The van der Waals surface area contributed by atoms with Crippen molar-refractivity contribution in [3.05, 3.63) is 23.8 Å². The summed E-state index contributed by atoms with van der Waals surface area (Å²) in [7, 11) is 0. The van der Waals surface area contributed by atoms with Crippen molar-refractivity contribution >= 4 is 11.8 Å². The molecule has 7 nitrogen and oxygen atoms in total. The molecule has 23 heavy (non-hydrogen) atoms. The van der Waals surface area contributed by atoms with Gasteiger partial charge in [-0.2, -0.15) is 0 Å². The van der Waals surface area contributed by atoms with Gasteiger partial charge in [0.25, 0.3) is 5.91 Å². The molecule has 0 bridgehead atoms. The third kappa shape index (κ3) is 3.24. The van der Waals surface area contributed by atoms with Gasteiger partial charge < -0.3 is 25.4 Å². The summed E-state index contributed by atoms with van der Waals surface area (Å²) in [4.78, 5) is 26.6. The zero-order valence-electron chi connectivity index (χ0n) is 12.9. The molecule has 0 aliphatic carbocycles. The van der Waals surface area contributed by atoms with Gasteiger partial charge in [0.1, 0.15) is 6.04 Å². The monoisotopic (exact) mass is 319 g/mol. The Kier molecular flexibility index (Phi) is 4.66. The minimum Gasteiger partial charge on any atom is -0.454 e. The quantitative estimate of drug-likeness (QED) is 0.770. The van der Waals surface area contributed by atoms with E-state index in [1.807, 2.05) is 0 Å². The first kappa shape index (κ1) is 15.6. The number of hydrogen-bond acceptors (Lipinski definition) is 5. The molecule has 1 aromatic carbocycles. The highest BCUT2D eigenvalue weighted by Gasteiger charge is 2.34. The zero-order valence-corrected chi connectivity index (χ0v) is 12.9. The smallest absolute Gasteiger partial charge is 0.254 e. The van der Waals surface area contributed by atoms with Crippen LogP contribution in [-0.4, -0.2) is 49.2 Å². The Balaban J connectivity index is 1.69. The minimum absolute atomic E-state index is 0.106. The number of likely N-dealkylation sites (tertiary alicyclic amines) is 1. The zero-order chi connectivity index (χ0) is 16.2. The van der Waals surface area contributed by atoms with Gasteiger partial charge >= 0.3 is 0 Å². The molecule has 0 aromatic heterocycles. The van der Waals surface area contributed by atoms with Crippen LogP contribution in [0.5, 0.6) is 11.5 Å². The minimum atomic E-state index is -0.411. The second kappa shape index (κ2) is 6.87. The third-order valence-electron chi connectivity index (χ3n) is 4.12. The number of rotatable bonds is 5. The van der Waals surface area contributed by atoms with Crippen LogP contribution in [-0.2, 0) is 4.79 Å². The molecular weight excluding hydrogens is 298 g/mol. The summed E-state index contributed by atoms with van der Waals surface area (Å²) in [5, 5.41) is 2.85. The SMILES string of the molecule is NCCCNC(=O)C1CCCN1C(=O)c1ccc2c(c1)OCO2. The van der Waals surface area contributed by atoms with Crippen LogP contribution >= 0.6 is 0 Å². The molecule has 2 amide bonds. The summed E-state index contributed by atoms with van der Waals surface area (Å²) in [6, 6.07) is 4.69. The molecule has 2 aliphatic rings. The maximum Gasteiger partial charge on any atom is 0.254 e. The van der Waals surface area contributed by atoms with Gasteiger partial charge in [0, 0.05) is 18.7 Å². The maximum absolute atomic E-state index is 12.7. The van der Waals surface area contributed by atoms with Crippen LogP contribution in [0.1, 0.15) is 29.6 Å². The second-order valence-corrected chi connectivity index (χ2v) is 5.66. The summed E-state index contributed by atoms with van der Waals surface area (Å²) in [6.07, 6.45) is 2.24. The Morgan fingerprint density at radius 1 is 1.30 bits per heavy atom. The lowest BCUT2D eigenvalue weighted by molar-refractivity contribution is -0.124. The summed E-state index contributed by atoms with van der Waals surface area (Å²) >= 11 is 0. The van der Waals surface area contributed by atoms with Crippen molar-refractivity contribution < 1.29 is 19.1 Å². The maximum atomic E-state index is 12.7. The van der Waals surface area contributed by atoms with Gasteiger partial charge in [-0.05, 0) is 44.0 Å². The van der Waals surface area contributed by atoms with Crippen molar-refractivity contribution in [2.75, 3.05) is 26.4 Å². The van der Waals surface area contributed by atoms with Crippen molar-refractivity contribution in [1.29, 1.82) is 0 Å². The Bertz CT molecular complexity index is 605. The van der Waals surface area contributed by atoms with Gasteiger partial charge in [-0.1, -0.05) is 0 Å². The second-order valence-electron chi connectivity index (χ2n) is 5.66. The van der Waals surface area contributed by atoms with Crippen LogP contribution in [0.4, 0.5) is 0 Å². The van der Waals surface area contributed by atoms with Gasteiger partial charge in [0.15, 0.2) is 11.5 Å². The van der Waals surface area contributed by atoms with Gasteiger partial charge in [-0.3, -0.25) is 9.59 Å². The van der Waals surface area contributed by atoms with E-state index in [0.29, 0.717) is 43.1 Å². The van der Waals surface area contributed by atoms with Crippen LogP contribution in [0.15, 0.2) is 18.2 Å². The summed E-state index contributed by atoms with van der Waals surface area (Å²) in [5.74, 6) is 0.947. The molecule has 1 fully saturated rings. The van der Waals surface area contributed by atoms with Crippen LogP contribution in [0.3, 0.4) is 0 Å². The average Bonchev–Trinajstić information content (AvgIpc) is 3.22. The molecule has 0 radical (unpaired) electrons. The number of nitrogens with zero attached hydrogens (tertiary/aromatic N) is 1. The predicted octanol–water partition coefficient (Wildman–Crippen LogP) is 0.485. The third-order valence-corrected chi connectivity index (χ3v) is 4.12. The highest BCUT2D eigenvalue weighted by molar-refractivity contribution is 5.98. The van der Waals surface area contributed by atoms with E-state index in [2.05, 4.69) is 5.32 Å². The Hall–Kier alpha value is -2.28. The highest BCUT2D eigenvalue weighted by atomic mass is 16.7. The molecular formula is C16H21N3O4. The largest absolute Gasteiger partial charge is 0.454 e. The normalized spacial score (nSPS) is 19.0. The fourth-order valence-electron chi connectivity index (χ4n) is 2.91. The lowest BCUT2D eigenvalue weighted by Crippen LogP contribution is -2.46. The number of hydrogen-bond donors (Lipinski definition) is 2. The van der Waals surface area contributed by atoms with Gasteiger partial charge in [-0.15, -0.1) is 0 Å². The van der Waals surface area contributed by atoms with E-state index >= 15 is 0 Å². The van der Waals surface area contributed by atoms with Crippen molar-refractivity contribution in [2.24, 2.45) is 5.73 Å². The Labute approximate surface area is 134 Å². The number of amides is 2. The molecule has 3 rings (SSSR count). The molecule has 2 aliphatic heterocycles. The molecule has 2 heterocycles. The van der Waals surface area contributed by atoms with E-state index in [4.69, 9.17) is 15.2 Å². The number of fused-ring (bicyclic) bond motifs is 1. The molecule has 0 spiro atoms. The van der Waals surface area contributed by atoms with Crippen LogP contribution in [0, 0.1) is 0 Å². The van der Waals surface area contributed by atoms with Crippen molar-refractivity contribution in [3.63, 3.8) is 0 Å². The van der Waals surface area contributed by atoms with Gasteiger partial charge in [0.05, 0.1) is 0 Å². The molecule has 7 heteroatoms. The summed E-state index contributed by atoms with van der Waals surface area (Å²) in [6.45, 7) is 1.83. The highest BCUT2D eigenvalue weighted by Crippen LogP contribution is 2.33. The lowest BCUT2D eigenvalue weighted by atomic mass is 10.1. The number of nitrogens with two attached hydrogens (primary N) is 1. The lowest BCUT2D eigenvalue weighted by Gasteiger charge is -2.24.